The second-order valence-corrected chi connectivity index (χ2v) is 3.09. The van der Waals surface area contributed by atoms with E-state index in [2.05, 4.69) is 10.6 Å². The molecule has 0 aromatic heterocycles. The number of hydrogen-bond donors (Lipinski definition) is 3. The normalized spacial score (nSPS) is 9.21. The van der Waals surface area contributed by atoms with Crippen LogP contribution in [0, 0.1) is 0 Å². The van der Waals surface area contributed by atoms with E-state index in [1.807, 2.05) is 0 Å². The average Bonchev–Trinajstić information content (AvgIpc) is 2.18. The second-order valence-electron chi connectivity index (χ2n) is 2.65. The Bertz CT molecular complexity index is 365. The van der Waals surface area contributed by atoms with Crippen LogP contribution in [0.25, 0.3) is 0 Å². The van der Waals surface area contributed by atoms with Crippen LogP contribution >= 0.6 is 12.2 Å². The zero-order valence-electron chi connectivity index (χ0n) is 7.70. The third-order valence-electron chi connectivity index (χ3n) is 1.63. The minimum absolute atomic E-state index is 0.273. The van der Waals surface area contributed by atoms with Gasteiger partial charge in [0.25, 0.3) is 0 Å². The van der Waals surface area contributed by atoms with Crippen molar-refractivity contribution in [3.05, 3.63) is 29.8 Å². The van der Waals surface area contributed by atoms with E-state index in [0.717, 1.165) is 5.56 Å². The highest BCUT2D eigenvalue weighted by Gasteiger charge is 2.00. The molecule has 0 bridgehead atoms. The van der Waals surface area contributed by atoms with Crippen LogP contribution in [0.4, 0.5) is 10.5 Å². The van der Waals surface area contributed by atoms with Crippen molar-refractivity contribution in [1.29, 1.82) is 0 Å². The van der Waals surface area contributed by atoms with Gasteiger partial charge in [-0.25, -0.2) is 4.79 Å². The molecule has 0 atom stereocenters. The third-order valence-corrected chi connectivity index (χ3v) is 1.87. The molecule has 0 radical (unpaired) electrons. The number of anilines is 1. The van der Waals surface area contributed by atoms with Gasteiger partial charge in [-0.2, -0.15) is 0 Å². The van der Waals surface area contributed by atoms with Crippen LogP contribution in [0.1, 0.15) is 5.56 Å². The van der Waals surface area contributed by atoms with Crippen molar-refractivity contribution < 1.29 is 4.79 Å². The summed E-state index contributed by atoms with van der Waals surface area (Å²) in [6, 6.07) is 6.77. The van der Waals surface area contributed by atoms with Gasteiger partial charge in [0.15, 0.2) is 0 Å². The van der Waals surface area contributed by atoms with Crippen LogP contribution in [-0.2, 0) is 0 Å². The molecule has 74 valence electrons. The molecule has 1 aromatic carbocycles. The summed E-state index contributed by atoms with van der Waals surface area (Å²) in [7, 11) is 1.55. The highest BCUT2D eigenvalue weighted by atomic mass is 32.1. The van der Waals surface area contributed by atoms with Crippen molar-refractivity contribution in [2.75, 3.05) is 12.4 Å². The van der Waals surface area contributed by atoms with Gasteiger partial charge in [-0.05, 0) is 12.1 Å². The Morgan fingerprint density at radius 2 is 2.21 bits per heavy atom. The maximum atomic E-state index is 11.0. The Labute approximate surface area is 87.5 Å². The van der Waals surface area contributed by atoms with E-state index in [1.54, 1.807) is 31.3 Å². The van der Waals surface area contributed by atoms with Gasteiger partial charge in [0.2, 0.25) is 0 Å². The van der Waals surface area contributed by atoms with Crippen LogP contribution in [0.5, 0.6) is 0 Å². The fraction of sp³-hybridized carbons (Fsp3) is 0.111. The summed E-state index contributed by atoms with van der Waals surface area (Å²) in [5.74, 6) is 0. The predicted molar refractivity (Wildman–Crippen MR) is 60.4 cm³/mol. The van der Waals surface area contributed by atoms with E-state index >= 15 is 0 Å². The van der Waals surface area contributed by atoms with Gasteiger partial charge in [0.05, 0.1) is 0 Å². The lowest BCUT2D eigenvalue weighted by Gasteiger charge is -2.05. The minimum Gasteiger partial charge on any atom is -0.389 e. The van der Waals surface area contributed by atoms with Crippen LogP contribution in [0.3, 0.4) is 0 Å². The van der Waals surface area contributed by atoms with E-state index in [1.165, 1.54) is 0 Å². The van der Waals surface area contributed by atoms with Gasteiger partial charge in [-0.3, -0.25) is 0 Å². The highest BCUT2D eigenvalue weighted by molar-refractivity contribution is 7.80. The number of amides is 2. The van der Waals surface area contributed by atoms with Crippen molar-refractivity contribution in [2.45, 2.75) is 0 Å². The summed E-state index contributed by atoms with van der Waals surface area (Å²) in [6.07, 6.45) is 0. The average molecular weight is 209 g/mol. The van der Waals surface area contributed by atoms with E-state index < -0.39 is 0 Å². The lowest BCUT2D eigenvalue weighted by molar-refractivity contribution is 0.254. The summed E-state index contributed by atoms with van der Waals surface area (Å²) in [5.41, 5.74) is 6.84. The number of rotatable bonds is 2. The Hall–Kier alpha value is -1.62. The maximum Gasteiger partial charge on any atom is 0.318 e. The van der Waals surface area contributed by atoms with Crippen molar-refractivity contribution in [3.8, 4) is 0 Å². The Balaban J connectivity index is 2.83. The number of thiocarbonyl (C=S) groups is 1. The molecule has 4 nitrogen and oxygen atoms in total. The minimum atomic E-state index is -0.273. The number of nitrogens with two attached hydrogens (primary N) is 1. The first-order chi connectivity index (χ1) is 6.63. The summed E-state index contributed by atoms with van der Waals surface area (Å²) in [4.78, 5) is 11.3. The summed E-state index contributed by atoms with van der Waals surface area (Å²) >= 11 is 4.81. The van der Waals surface area contributed by atoms with Gasteiger partial charge in [-0.1, -0.05) is 24.4 Å². The highest BCUT2D eigenvalue weighted by Crippen LogP contribution is 2.10. The number of hydrogen-bond acceptors (Lipinski definition) is 2. The van der Waals surface area contributed by atoms with Gasteiger partial charge in [-0.15, -0.1) is 0 Å². The van der Waals surface area contributed by atoms with Gasteiger partial charge < -0.3 is 16.4 Å². The van der Waals surface area contributed by atoms with Crippen LogP contribution < -0.4 is 16.4 Å². The van der Waals surface area contributed by atoms with Crippen LogP contribution in [-0.4, -0.2) is 18.1 Å². The zero-order chi connectivity index (χ0) is 10.6. The van der Waals surface area contributed by atoms with Crippen molar-refractivity contribution in [2.24, 2.45) is 5.73 Å². The Kier molecular flexibility index (Phi) is 3.41. The molecule has 0 unspecified atom stereocenters. The maximum absolute atomic E-state index is 11.0. The van der Waals surface area contributed by atoms with E-state index in [0.29, 0.717) is 10.7 Å². The van der Waals surface area contributed by atoms with Gasteiger partial charge >= 0.3 is 6.03 Å². The molecule has 2 amide bonds. The van der Waals surface area contributed by atoms with Crippen molar-refractivity contribution in [1.82, 2.24) is 5.32 Å². The largest absolute Gasteiger partial charge is 0.389 e. The molecular formula is C9H11N3OS. The van der Waals surface area contributed by atoms with Gasteiger partial charge in [0, 0.05) is 18.3 Å². The lowest BCUT2D eigenvalue weighted by atomic mass is 10.2. The molecule has 5 heteroatoms. The van der Waals surface area contributed by atoms with E-state index in [9.17, 15) is 4.79 Å². The monoisotopic (exact) mass is 209 g/mol. The fourth-order valence-electron chi connectivity index (χ4n) is 0.944. The van der Waals surface area contributed by atoms with Crippen LogP contribution in [0.2, 0.25) is 0 Å². The van der Waals surface area contributed by atoms with Crippen molar-refractivity contribution in [3.63, 3.8) is 0 Å². The number of carbonyl (C=O) groups excluding carboxylic acids is 1. The first kappa shape index (κ1) is 10.5. The molecule has 14 heavy (non-hydrogen) atoms. The Morgan fingerprint density at radius 3 is 2.79 bits per heavy atom. The molecule has 1 aromatic rings. The molecule has 0 fully saturated rings. The summed E-state index contributed by atoms with van der Waals surface area (Å²) < 4.78 is 0. The predicted octanol–water partition coefficient (Wildman–Crippen LogP) is 1.07. The summed E-state index contributed by atoms with van der Waals surface area (Å²) in [6.45, 7) is 0. The molecule has 0 aliphatic heterocycles. The molecule has 4 N–H and O–H groups in total. The molecule has 1 rings (SSSR count). The lowest BCUT2D eigenvalue weighted by Crippen LogP contribution is -2.24. The molecule has 0 saturated carbocycles. The van der Waals surface area contributed by atoms with Crippen LogP contribution in [0.15, 0.2) is 24.3 Å². The number of benzene rings is 1. The second kappa shape index (κ2) is 4.57. The molecule has 0 aliphatic carbocycles. The summed E-state index contributed by atoms with van der Waals surface area (Å²) in [5, 5.41) is 5.07. The Morgan fingerprint density at radius 1 is 1.50 bits per heavy atom. The molecule has 0 saturated heterocycles. The molecular weight excluding hydrogens is 198 g/mol. The molecule has 0 heterocycles. The smallest absolute Gasteiger partial charge is 0.318 e. The first-order valence-corrected chi connectivity index (χ1v) is 4.43. The standard InChI is InChI=1S/C9H11N3OS/c1-11-9(13)12-7-4-2-3-6(5-7)8(10)14/h2-5H,1H3,(H2,10,14)(H2,11,12,13). The molecule has 0 spiro atoms. The van der Waals surface area contributed by atoms with Gasteiger partial charge in [0.1, 0.15) is 4.99 Å². The van der Waals surface area contributed by atoms with E-state index in [4.69, 9.17) is 18.0 Å². The number of nitrogens with one attached hydrogen (secondary N) is 2. The SMILES string of the molecule is CNC(=O)Nc1cccc(C(N)=S)c1. The quantitative estimate of drug-likeness (QED) is 0.638. The number of carbonyl (C=O) groups is 1. The third kappa shape index (κ3) is 2.70. The fourth-order valence-corrected chi connectivity index (χ4v) is 1.07. The zero-order valence-corrected chi connectivity index (χ0v) is 8.52. The molecule has 0 aliphatic rings. The van der Waals surface area contributed by atoms with Crippen molar-refractivity contribution >= 4 is 28.9 Å². The topological polar surface area (TPSA) is 67.2 Å². The van der Waals surface area contributed by atoms with E-state index in [-0.39, 0.29) is 6.03 Å². The number of urea groups is 1. The first-order valence-electron chi connectivity index (χ1n) is 4.02.